The number of aryl methyl sites for hydroxylation is 1. The van der Waals surface area contributed by atoms with E-state index in [1.54, 1.807) is 11.8 Å². The van der Waals surface area contributed by atoms with Crippen LogP contribution >= 0.6 is 11.8 Å². The Morgan fingerprint density at radius 3 is 2.92 bits per heavy atom. The van der Waals surface area contributed by atoms with Gasteiger partial charge >= 0.3 is 0 Å². The minimum atomic E-state index is -0.629. The Hall–Kier alpha value is -1.66. The highest BCUT2D eigenvalue weighted by molar-refractivity contribution is 7.99. The summed E-state index contributed by atoms with van der Waals surface area (Å²) >= 11 is 1.80. The quantitative estimate of drug-likeness (QED) is 0.573. The van der Waals surface area contributed by atoms with E-state index in [1.807, 2.05) is 25.1 Å². The van der Waals surface area contributed by atoms with Crippen molar-refractivity contribution in [1.29, 1.82) is 0 Å². The van der Waals surface area contributed by atoms with Crippen LogP contribution in [0.2, 0.25) is 0 Å². The number of nitrogens with zero attached hydrogens (tertiary/aromatic N) is 1. The maximum Gasteiger partial charge on any atom is 0.191 e. The van der Waals surface area contributed by atoms with E-state index in [1.165, 1.54) is 0 Å². The summed E-state index contributed by atoms with van der Waals surface area (Å²) in [5.74, 6) is 3.39. The Labute approximate surface area is 146 Å². The normalized spacial score (nSPS) is 21.4. The Balaban J connectivity index is 1.69. The molecule has 5 nitrogen and oxygen atoms in total. The molecule has 1 saturated heterocycles. The first-order chi connectivity index (χ1) is 11.6. The molecule has 0 bridgehead atoms. The number of hydrogen-bond donors (Lipinski definition) is 3. The van der Waals surface area contributed by atoms with Gasteiger partial charge in [-0.2, -0.15) is 11.8 Å². The molecule has 1 aliphatic rings. The zero-order valence-electron chi connectivity index (χ0n) is 14.3. The van der Waals surface area contributed by atoms with Crippen LogP contribution in [-0.2, 0) is 6.54 Å². The average Bonchev–Trinajstić information content (AvgIpc) is 3.15. The van der Waals surface area contributed by atoms with E-state index < -0.39 is 5.60 Å². The van der Waals surface area contributed by atoms with E-state index in [0.717, 1.165) is 46.8 Å². The number of thioether (sulfide) groups is 1. The van der Waals surface area contributed by atoms with Crippen molar-refractivity contribution in [3.63, 3.8) is 0 Å². The van der Waals surface area contributed by atoms with Crippen molar-refractivity contribution in [2.75, 3.05) is 24.6 Å². The minimum absolute atomic E-state index is 0.475. The van der Waals surface area contributed by atoms with Crippen LogP contribution in [0.3, 0.4) is 0 Å². The number of guanidine groups is 1. The summed E-state index contributed by atoms with van der Waals surface area (Å²) in [6.45, 7) is 5.87. The number of aliphatic imine (C=N–C) groups is 1. The van der Waals surface area contributed by atoms with E-state index >= 15 is 0 Å². The zero-order valence-corrected chi connectivity index (χ0v) is 15.1. The van der Waals surface area contributed by atoms with Crippen molar-refractivity contribution < 1.29 is 9.52 Å². The molecule has 1 unspecified atom stereocenters. The van der Waals surface area contributed by atoms with Crippen LogP contribution in [0.15, 0.2) is 33.7 Å². The van der Waals surface area contributed by atoms with Gasteiger partial charge in [-0.05, 0) is 32.1 Å². The lowest BCUT2D eigenvalue weighted by Crippen LogP contribution is -2.47. The fourth-order valence-electron chi connectivity index (χ4n) is 2.85. The maximum absolute atomic E-state index is 10.4. The second-order valence-electron chi connectivity index (χ2n) is 6.22. The van der Waals surface area contributed by atoms with Gasteiger partial charge in [0.05, 0.1) is 5.60 Å². The molecule has 3 rings (SSSR count). The van der Waals surface area contributed by atoms with Crippen molar-refractivity contribution in [2.24, 2.45) is 4.99 Å². The van der Waals surface area contributed by atoms with E-state index in [-0.39, 0.29) is 0 Å². The number of hydrogen-bond acceptors (Lipinski definition) is 4. The molecule has 1 aromatic carbocycles. The van der Waals surface area contributed by atoms with Gasteiger partial charge < -0.3 is 20.2 Å². The number of rotatable bonds is 5. The molecule has 1 aliphatic heterocycles. The van der Waals surface area contributed by atoms with Crippen molar-refractivity contribution >= 4 is 28.7 Å². The Morgan fingerprint density at radius 2 is 2.21 bits per heavy atom. The lowest BCUT2D eigenvalue weighted by Gasteiger charge is -2.23. The summed E-state index contributed by atoms with van der Waals surface area (Å²) in [4.78, 5) is 4.61. The first-order valence-corrected chi connectivity index (χ1v) is 9.56. The maximum atomic E-state index is 10.4. The molecule has 0 spiro atoms. The van der Waals surface area contributed by atoms with Gasteiger partial charge in [-0.1, -0.05) is 18.2 Å². The largest absolute Gasteiger partial charge is 0.459 e. The molecular weight excluding hydrogens is 322 g/mol. The summed E-state index contributed by atoms with van der Waals surface area (Å²) in [7, 11) is 0. The van der Waals surface area contributed by atoms with Crippen LogP contribution in [0, 0.1) is 6.92 Å². The second kappa shape index (κ2) is 7.49. The molecule has 130 valence electrons. The number of fused-ring (bicyclic) bond motifs is 1. The summed E-state index contributed by atoms with van der Waals surface area (Å²) in [6.07, 6.45) is 0.826. The third kappa shape index (κ3) is 3.87. The van der Waals surface area contributed by atoms with Crippen LogP contribution < -0.4 is 10.6 Å². The molecule has 3 N–H and O–H groups in total. The van der Waals surface area contributed by atoms with E-state index in [4.69, 9.17) is 4.42 Å². The van der Waals surface area contributed by atoms with Crippen LogP contribution in [0.5, 0.6) is 0 Å². The molecule has 2 aromatic rings. The predicted octanol–water partition coefficient (Wildman–Crippen LogP) is 2.66. The molecule has 2 heterocycles. The van der Waals surface area contributed by atoms with Gasteiger partial charge in [0.1, 0.15) is 17.9 Å². The first-order valence-electron chi connectivity index (χ1n) is 8.40. The zero-order chi connectivity index (χ0) is 17.0. The smallest absolute Gasteiger partial charge is 0.191 e. The van der Waals surface area contributed by atoms with E-state index in [0.29, 0.717) is 19.0 Å². The first kappa shape index (κ1) is 17.2. The Bertz CT molecular complexity index is 720. The number of furan rings is 1. The highest BCUT2D eigenvalue weighted by Gasteiger charge is 2.31. The van der Waals surface area contributed by atoms with E-state index in [9.17, 15) is 5.11 Å². The van der Waals surface area contributed by atoms with Crippen LogP contribution in [0.4, 0.5) is 0 Å². The molecule has 1 aromatic heterocycles. The summed E-state index contributed by atoms with van der Waals surface area (Å²) in [5, 5.41) is 18.1. The van der Waals surface area contributed by atoms with Gasteiger partial charge in [-0.15, -0.1) is 0 Å². The Kier molecular flexibility index (Phi) is 5.36. The van der Waals surface area contributed by atoms with Gasteiger partial charge in [0.25, 0.3) is 0 Å². The van der Waals surface area contributed by atoms with Crippen molar-refractivity contribution in [3.8, 4) is 0 Å². The number of para-hydroxylation sites is 1. The lowest BCUT2D eigenvalue weighted by atomic mass is 10.0. The SMILES string of the molecule is CCNC(=NCc1oc2ccccc2c1C)NCC1(O)CCSC1. The van der Waals surface area contributed by atoms with Gasteiger partial charge in [0.2, 0.25) is 0 Å². The molecule has 1 atom stereocenters. The molecule has 24 heavy (non-hydrogen) atoms. The summed E-state index contributed by atoms with van der Waals surface area (Å²) < 4.78 is 5.91. The third-order valence-electron chi connectivity index (χ3n) is 4.33. The number of benzene rings is 1. The van der Waals surface area contributed by atoms with Gasteiger partial charge in [0, 0.05) is 29.8 Å². The topological polar surface area (TPSA) is 69.8 Å². The highest BCUT2D eigenvalue weighted by Crippen LogP contribution is 2.27. The number of nitrogens with one attached hydrogen (secondary N) is 2. The highest BCUT2D eigenvalue weighted by atomic mass is 32.2. The summed E-state index contributed by atoms with van der Waals surface area (Å²) in [5.41, 5.74) is 1.40. The standard InChI is InChI=1S/C18H25N3O2S/c1-3-19-17(21-11-18(22)8-9-24-12-18)20-10-16-13(2)14-6-4-5-7-15(14)23-16/h4-7,22H,3,8-12H2,1-2H3,(H2,19,20,21). The minimum Gasteiger partial charge on any atom is -0.459 e. The van der Waals surface area contributed by atoms with Crippen molar-refractivity contribution in [1.82, 2.24) is 10.6 Å². The average molecular weight is 347 g/mol. The molecule has 0 radical (unpaired) electrons. The second-order valence-corrected chi connectivity index (χ2v) is 7.33. The van der Waals surface area contributed by atoms with Gasteiger partial charge in [0.15, 0.2) is 5.96 Å². The monoisotopic (exact) mass is 347 g/mol. The molecule has 6 heteroatoms. The molecular formula is C18H25N3O2S. The summed E-state index contributed by atoms with van der Waals surface area (Å²) in [6, 6.07) is 8.04. The predicted molar refractivity (Wildman–Crippen MR) is 101 cm³/mol. The fourth-order valence-corrected chi connectivity index (χ4v) is 4.15. The van der Waals surface area contributed by atoms with Crippen LogP contribution in [-0.4, -0.2) is 41.3 Å². The molecule has 0 amide bonds. The van der Waals surface area contributed by atoms with Crippen molar-refractivity contribution in [2.45, 2.75) is 32.4 Å². The molecule has 0 aliphatic carbocycles. The molecule has 0 saturated carbocycles. The Morgan fingerprint density at radius 1 is 1.38 bits per heavy atom. The van der Waals surface area contributed by atoms with Gasteiger partial charge in [-0.3, -0.25) is 0 Å². The number of aliphatic hydroxyl groups is 1. The van der Waals surface area contributed by atoms with Gasteiger partial charge in [-0.25, -0.2) is 4.99 Å². The third-order valence-corrected chi connectivity index (χ3v) is 5.57. The van der Waals surface area contributed by atoms with E-state index in [2.05, 4.69) is 28.6 Å². The van der Waals surface area contributed by atoms with Crippen LogP contribution in [0.1, 0.15) is 24.7 Å². The molecule has 1 fully saturated rings. The van der Waals surface area contributed by atoms with Crippen LogP contribution in [0.25, 0.3) is 11.0 Å². The lowest BCUT2D eigenvalue weighted by molar-refractivity contribution is 0.0724. The van der Waals surface area contributed by atoms with Crippen molar-refractivity contribution in [3.05, 3.63) is 35.6 Å². The fraction of sp³-hybridized carbons (Fsp3) is 0.500.